The van der Waals surface area contributed by atoms with Crippen LogP contribution in [0.5, 0.6) is 0 Å². The molecule has 63 heavy (non-hydrogen) atoms. The molecule has 15 heteroatoms. The highest BCUT2D eigenvalue weighted by Gasteiger charge is 2.26. The third-order valence-corrected chi connectivity index (χ3v) is 12.3. The molecule has 0 saturated carbocycles. The summed E-state index contributed by atoms with van der Waals surface area (Å²) in [7, 11) is -4.60. The van der Waals surface area contributed by atoms with E-state index in [2.05, 4.69) is 29.8 Å². The Labute approximate surface area is 385 Å². The smallest absolute Gasteiger partial charge is 0.462 e. The molecule has 0 aromatic heterocycles. The van der Waals surface area contributed by atoms with Gasteiger partial charge in [-0.3, -0.25) is 23.4 Å². The second-order valence-corrected chi connectivity index (χ2v) is 18.8. The van der Waals surface area contributed by atoms with Gasteiger partial charge in [0.2, 0.25) is 5.91 Å². The second kappa shape index (κ2) is 46.9. The maximum absolute atomic E-state index is 12.9. The lowest BCUT2D eigenvalue weighted by atomic mass is 10.0. The molecule has 0 heterocycles. The Morgan fingerprint density at radius 1 is 0.540 bits per heavy atom. The standard InChI is InChI=1S/C48H98N5O9P/c1-3-5-7-9-11-13-15-17-19-21-23-25-27-33-46(54)59-42-44(62-47(55)34-28-26-24-22-20-18-16-14-12-10-8-6-4-2)43-61-63(57,58)60-41-40-53-48(56)45(52-39-31-36-50)32-29-37-51-38-30-35-49/h44-45,51-52H,3-43,49-50H2,1-2H3,(H,53,56)(H,57,58). The minimum absolute atomic E-state index is 0.0229. The van der Waals surface area contributed by atoms with Gasteiger partial charge in [-0.25, -0.2) is 4.57 Å². The van der Waals surface area contributed by atoms with Crippen LogP contribution in [0.3, 0.4) is 0 Å². The van der Waals surface area contributed by atoms with E-state index in [0.29, 0.717) is 38.9 Å². The maximum atomic E-state index is 12.9. The van der Waals surface area contributed by atoms with Gasteiger partial charge in [-0.2, -0.15) is 0 Å². The fourth-order valence-corrected chi connectivity index (χ4v) is 8.10. The van der Waals surface area contributed by atoms with Crippen molar-refractivity contribution in [2.45, 2.75) is 231 Å². The zero-order chi connectivity index (χ0) is 46.3. The number of amides is 1. The van der Waals surface area contributed by atoms with Gasteiger partial charge >= 0.3 is 19.8 Å². The van der Waals surface area contributed by atoms with Gasteiger partial charge in [0.05, 0.1) is 19.3 Å². The number of nitrogens with one attached hydrogen (secondary N) is 3. The molecule has 1 amide bonds. The van der Waals surface area contributed by atoms with Crippen molar-refractivity contribution >= 4 is 25.7 Å². The molecule has 3 unspecified atom stereocenters. The van der Waals surface area contributed by atoms with Crippen LogP contribution in [0.25, 0.3) is 0 Å². The number of esters is 2. The molecule has 3 atom stereocenters. The monoisotopic (exact) mass is 920 g/mol. The molecule has 0 fully saturated rings. The van der Waals surface area contributed by atoms with Crippen LogP contribution < -0.4 is 27.4 Å². The molecule has 0 radical (unpaired) electrons. The van der Waals surface area contributed by atoms with Crippen LogP contribution in [-0.4, -0.2) is 94.0 Å². The largest absolute Gasteiger partial charge is 0.472 e. The van der Waals surface area contributed by atoms with Gasteiger partial charge in [-0.15, -0.1) is 0 Å². The van der Waals surface area contributed by atoms with E-state index in [1.807, 2.05) is 0 Å². The molecule has 14 nitrogen and oxygen atoms in total. The number of ether oxygens (including phenoxy) is 2. The molecule has 0 aromatic carbocycles. The van der Waals surface area contributed by atoms with E-state index >= 15 is 0 Å². The van der Waals surface area contributed by atoms with Crippen LogP contribution in [0, 0.1) is 0 Å². The lowest BCUT2D eigenvalue weighted by molar-refractivity contribution is -0.161. The van der Waals surface area contributed by atoms with Crippen molar-refractivity contribution in [2.24, 2.45) is 11.5 Å². The summed E-state index contributed by atoms with van der Waals surface area (Å²) in [5.41, 5.74) is 11.2. The van der Waals surface area contributed by atoms with E-state index in [9.17, 15) is 23.8 Å². The molecule has 0 aliphatic heterocycles. The third kappa shape index (κ3) is 44.0. The molecule has 374 valence electrons. The number of hydrogen-bond acceptors (Lipinski definition) is 12. The number of phosphoric acid groups is 1. The summed E-state index contributed by atoms with van der Waals surface area (Å²) < 4.78 is 34.2. The molecule has 0 rings (SSSR count). The topological polar surface area (TPSA) is 214 Å². The molecule has 0 bridgehead atoms. The highest BCUT2D eigenvalue weighted by molar-refractivity contribution is 7.47. The summed E-state index contributed by atoms with van der Waals surface area (Å²) in [6.45, 7) is 6.68. The van der Waals surface area contributed by atoms with Gasteiger partial charge in [0.15, 0.2) is 6.10 Å². The average molecular weight is 920 g/mol. The first-order chi connectivity index (χ1) is 30.7. The van der Waals surface area contributed by atoms with Crippen molar-refractivity contribution in [3.8, 4) is 0 Å². The van der Waals surface area contributed by atoms with Gasteiger partial charge < -0.3 is 41.8 Å². The summed E-state index contributed by atoms with van der Waals surface area (Å²) in [4.78, 5) is 48.8. The van der Waals surface area contributed by atoms with Crippen LogP contribution >= 0.6 is 7.82 Å². The highest BCUT2D eigenvalue weighted by Crippen LogP contribution is 2.43. The Morgan fingerprint density at radius 3 is 1.48 bits per heavy atom. The second-order valence-electron chi connectivity index (χ2n) is 17.4. The molecule has 0 aliphatic rings. The van der Waals surface area contributed by atoms with E-state index in [0.717, 1.165) is 70.9 Å². The molecular weight excluding hydrogens is 822 g/mol. The van der Waals surface area contributed by atoms with E-state index < -0.39 is 38.5 Å². The third-order valence-electron chi connectivity index (χ3n) is 11.3. The van der Waals surface area contributed by atoms with Crippen molar-refractivity contribution in [3.05, 3.63) is 0 Å². The number of nitrogens with two attached hydrogens (primary N) is 2. The summed E-state index contributed by atoms with van der Waals surface area (Å²) in [6, 6.07) is -0.451. The van der Waals surface area contributed by atoms with Crippen molar-refractivity contribution in [2.75, 3.05) is 59.1 Å². The van der Waals surface area contributed by atoms with Crippen molar-refractivity contribution < 1.29 is 42.4 Å². The Morgan fingerprint density at radius 2 is 0.984 bits per heavy atom. The SMILES string of the molecule is CCCCCCCCCCCCCCCC(=O)OCC(COP(=O)(O)OCCNC(=O)C(CCCNCCCN)NCCCN)OC(=O)CCCCCCCCCCCCCCC. The van der Waals surface area contributed by atoms with Crippen LogP contribution in [0.15, 0.2) is 0 Å². The predicted molar refractivity (Wildman–Crippen MR) is 257 cm³/mol. The van der Waals surface area contributed by atoms with Gasteiger partial charge in [-0.05, 0) is 71.2 Å². The van der Waals surface area contributed by atoms with E-state index in [4.69, 9.17) is 30.0 Å². The van der Waals surface area contributed by atoms with Gasteiger partial charge in [0.25, 0.3) is 0 Å². The Kier molecular flexibility index (Phi) is 45.7. The number of carbonyl (C=O) groups is 3. The van der Waals surface area contributed by atoms with E-state index in [-0.39, 0.29) is 38.5 Å². The summed E-state index contributed by atoms with van der Waals surface area (Å²) in [5, 5.41) is 9.29. The first-order valence-corrected chi connectivity index (χ1v) is 27.3. The number of carbonyl (C=O) groups excluding carboxylic acids is 3. The minimum Gasteiger partial charge on any atom is -0.462 e. The van der Waals surface area contributed by atoms with E-state index in [1.165, 1.54) is 116 Å². The van der Waals surface area contributed by atoms with Gasteiger partial charge in [-0.1, -0.05) is 168 Å². The fourth-order valence-electron chi connectivity index (χ4n) is 7.35. The summed E-state index contributed by atoms with van der Waals surface area (Å²) >= 11 is 0. The normalized spacial score (nSPS) is 13.4. The van der Waals surface area contributed by atoms with E-state index in [1.54, 1.807) is 0 Å². The fraction of sp³-hybridized carbons (Fsp3) is 0.938. The Balaban J connectivity index is 4.79. The lowest BCUT2D eigenvalue weighted by Crippen LogP contribution is -2.46. The van der Waals surface area contributed by atoms with Gasteiger partial charge in [0, 0.05) is 19.4 Å². The first-order valence-electron chi connectivity index (χ1n) is 25.8. The Bertz CT molecular complexity index is 1090. The number of rotatable bonds is 50. The van der Waals surface area contributed by atoms with Crippen molar-refractivity contribution in [3.63, 3.8) is 0 Å². The molecule has 8 N–H and O–H groups in total. The van der Waals surface area contributed by atoms with Crippen LogP contribution in [-0.2, 0) is 37.5 Å². The average Bonchev–Trinajstić information content (AvgIpc) is 3.27. The number of phosphoric ester groups is 1. The minimum atomic E-state index is -4.60. The zero-order valence-electron chi connectivity index (χ0n) is 40.5. The molecule has 0 aliphatic carbocycles. The van der Waals surface area contributed by atoms with Crippen molar-refractivity contribution in [1.29, 1.82) is 0 Å². The Hall–Kier alpha value is -1.64. The predicted octanol–water partition coefficient (Wildman–Crippen LogP) is 9.68. The van der Waals surface area contributed by atoms with Crippen LogP contribution in [0.1, 0.15) is 219 Å². The molecule has 0 saturated heterocycles. The first kappa shape index (κ1) is 61.4. The number of unbranched alkanes of at least 4 members (excludes halogenated alkanes) is 24. The van der Waals surface area contributed by atoms with Gasteiger partial charge in [0.1, 0.15) is 6.61 Å². The number of hydrogen-bond donors (Lipinski definition) is 6. The zero-order valence-corrected chi connectivity index (χ0v) is 41.4. The highest BCUT2D eigenvalue weighted by atomic mass is 31.2. The summed E-state index contributed by atoms with van der Waals surface area (Å²) in [5.74, 6) is -1.13. The van der Waals surface area contributed by atoms with Crippen molar-refractivity contribution in [1.82, 2.24) is 16.0 Å². The maximum Gasteiger partial charge on any atom is 0.472 e. The molecule has 0 aromatic rings. The quantitative estimate of drug-likeness (QED) is 0.0191. The summed E-state index contributed by atoms with van der Waals surface area (Å²) in [6.07, 6.45) is 33.5. The molecular formula is C48H98N5O9P. The lowest BCUT2D eigenvalue weighted by Gasteiger charge is -2.20. The molecule has 0 spiro atoms. The van der Waals surface area contributed by atoms with Crippen LogP contribution in [0.4, 0.5) is 0 Å². The van der Waals surface area contributed by atoms with Crippen LogP contribution in [0.2, 0.25) is 0 Å².